The van der Waals surface area contributed by atoms with Gasteiger partial charge in [0.2, 0.25) is 0 Å². The van der Waals surface area contributed by atoms with Crippen molar-refractivity contribution < 1.29 is 5.11 Å². The number of aliphatic hydroxyl groups is 1. The van der Waals surface area contributed by atoms with E-state index >= 15 is 0 Å². The van der Waals surface area contributed by atoms with Crippen LogP contribution in [0, 0.1) is 0 Å². The van der Waals surface area contributed by atoms with E-state index in [4.69, 9.17) is 0 Å². The van der Waals surface area contributed by atoms with E-state index in [1.807, 2.05) is 41.2 Å². The van der Waals surface area contributed by atoms with Crippen LogP contribution in [0.3, 0.4) is 0 Å². The SMILES string of the molecule is CCCn1nccc1C(O)c1cccc2[nH]ccc12. The molecule has 1 unspecified atom stereocenters. The minimum Gasteiger partial charge on any atom is -0.382 e. The first-order valence-corrected chi connectivity index (χ1v) is 6.57. The number of hydrogen-bond donors (Lipinski definition) is 2. The molecule has 1 aromatic carbocycles. The Labute approximate surface area is 111 Å². The molecule has 2 aromatic heterocycles. The monoisotopic (exact) mass is 255 g/mol. The van der Waals surface area contributed by atoms with E-state index in [0.717, 1.165) is 35.1 Å². The van der Waals surface area contributed by atoms with Gasteiger partial charge in [-0.1, -0.05) is 19.1 Å². The van der Waals surface area contributed by atoms with E-state index in [1.54, 1.807) is 6.20 Å². The fraction of sp³-hybridized carbons (Fsp3) is 0.267. The fourth-order valence-corrected chi connectivity index (χ4v) is 2.48. The second-order valence-corrected chi connectivity index (χ2v) is 4.67. The highest BCUT2D eigenvalue weighted by Crippen LogP contribution is 2.28. The Morgan fingerprint density at radius 2 is 2.21 bits per heavy atom. The molecule has 19 heavy (non-hydrogen) atoms. The van der Waals surface area contributed by atoms with Crippen LogP contribution in [0.25, 0.3) is 10.9 Å². The number of aromatic nitrogens is 3. The molecule has 1 atom stereocenters. The van der Waals surface area contributed by atoms with Crippen molar-refractivity contribution in [1.82, 2.24) is 14.8 Å². The van der Waals surface area contributed by atoms with Crippen LogP contribution in [-0.2, 0) is 6.54 Å². The second-order valence-electron chi connectivity index (χ2n) is 4.67. The maximum absolute atomic E-state index is 10.6. The van der Waals surface area contributed by atoms with Crippen LogP contribution < -0.4 is 0 Å². The zero-order chi connectivity index (χ0) is 13.2. The smallest absolute Gasteiger partial charge is 0.121 e. The first-order chi connectivity index (χ1) is 9.31. The molecule has 0 bridgehead atoms. The van der Waals surface area contributed by atoms with Gasteiger partial charge in [0.25, 0.3) is 0 Å². The van der Waals surface area contributed by atoms with Crippen molar-refractivity contribution in [3.05, 3.63) is 54.0 Å². The summed E-state index contributed by atoms with van der Waals surface area (Å²) in [4.78, 5) is 3.17. The van der Waals surface area contributed by atoms with Crippen LogP contribution >= 0.6 is 0 Å². The van der Waals surface area contributed by atoms with Crippen LogP contribution in [0.4, 0.5) is 0 Å². The Bertz CT molecular complexity index is 683. The molecule has 2 N–H and O–H groups in total. The molecule has 0 fully saturated rings. The third-order valence-corrected chi connectivity index (χ3v) is 3.39. The van der Waals surface area contributed by atoms with Crippen molar-refractivity contribution >= 4 is 10.9 Å². The Morgan fingerprint density at radius 3 is 3.05 bits per heavy atom. The minimum absolute atomic E-state index is 0.645. The number of nitrogens with zero attached hydrogens (tertiary/aromatic N) is 2. The molecule has 0 amide bonds. The third kappa shape index (κ3) is 2.04. The van der Waals surface area contributed by atoms with E-state index in [0.29, 0.717) is 0 Å². The van der Waals surface area contributed by atoms with Crippen LogP contribution in [0.15, 0.2) is 42.7 Å². The molecule has 2 heterocycles. The first kappa shape index (κ1) is 12.0. The second kappa shape index (κ2) is 4.90. The van der Waals surface area contributed by atoms with Gasteiger partial charge < -0.3 is 10.1 Å². The quantitative estimate of drug-likeness (QED) is 0.753. The Balaban J connectivity index is 2.05. The van der Waals surface area contributed by atoms with E-state index in [2.05, 4.69) is 17.0 Å². The number of nitrogens with one attached hydrogen (secondary N) is 1. The highest BCUT2D eigenvalue weighted by Gasteiger charge is 2.17. The number of H-pyrrole nitrogens is 1. The van der Waals surface area contributed by atoms with Crippen LogP contribution in [0.1, 0.15) is 30.7 Å². The van der Waals surface area contributed by atoms with E-state index in [9.17, 15) is 5.11 Å². The maximum atomic E-state index is 10.6. The topological polar surface area (TPSA) is 53.8 Å². The lowest BCUT2D eigenvalue weighted by molar-refractivity contribution is 0.209. The third-order valence-electron chi connectivity index (χ3n) is 3.39. The Morgan fingerprint density at radius 1 is 1.32 bits per heavy atom. The molecule has 3 aromatic rings. The lowest BCUT2D eigenvalue weighted by Crippen LogP contribution is -2.10. The van der Waals surface area contributed by atoms with Crippen LogP contribution in [0.2, 0.25) is 0 Å². The molecule has 0 saturated heterocycles. The highest BCUT2D eigenvalue weighted by molar-refractivity contribution is 5.83. The minimum atomic E-state index is -0.645. The number of rotatable bonds is 4. The van der Waals surface area contributed by atoms with Gasteiger partial charge in [0, 0.05) is 29.8 Å². The van der Waals surface area contributed by atoms with Gasteiger partial charge in [0.1, 0.15) is 6.10 Å². The highest BCUT2D eigenvalue weighted by atomic mass is 16.3. The lowest BCUT2D eigenvalue weighted by Gasteiger charge is -2.14. The van der Waals surface area contributed by atoms with Crippen molar-refractivity contribution in [2.75, 3.05) is 0 Å². The standard InChI is InChI=1S/C15H17N3O/c1-2-10-18-14(7-9-17-18)15(19)12-4-3-5-13-11(12)6-8-16-13/h3-9,15-16,19H,2,10H2,1H3. The van der Waals surface area contributed by atoms with Crippen molar-refractivity contribution in [2.24, 2.45) is 0 Å². The number of benzene rings is 1. The van der Waals surface area contributed by atoms with Crippen LogP contribution in [-0.4, -0.2) is 19.9 Å². The van der Waals surface area contributed by atoms with Gasteiger partial charge >= 0.3 is 0 Å². The summed E-state index contributed by atoms with van der Waals surface area (Å²) in [5, 5.41) is 16.0. The van der Waals surface area contributed by atoms with E-state index in [-0.39, 0.29) is 0 Å². The largest absolute Gasteiger partial charge is 0.382 e. The van der Waals surface area contributed by atoms with Crippen LogP contribution in [0.5, 0.6) is 0 Å². The molecular formula is C15H17N3O. The van der Waals surface area contributed by atoms with Crippen molar-refractivity contribution in [2.45, 2.75) is 26.0 Å². The summed E-state index contributed by atoms with van der Waals surface area (Å²) in [7, 11) is 0. The number of aromatic amines is 1. The molecule has 0 aliphatic carbocycles. The first-order valence-electron chi connectivity index (χ1n) is 6.57. The molecule has 0 spiro atoms. The Hall–Kier alpha value is -2.07. The molecule has 98 valence electrons. The van der Waals surface area contributed by atoms with E-state index < -0.39 is 6.10 Å². The molecule has 4 heteroatoms. The van der Waals surface area contributed by atoms with Gasteiger partial charge in [-0.3, -0.25) is 4.68 Å². The van der Waals surface area contributed by atoms with Gasteiger partial charge in [0.15, 0.2) is 0 Å². The summed E-state index contributed by atoms with van der Waals surface area (Å²) in [5.74, 6) is 0. The number of aliphatic hydroxyl groups excluding tert-OH is 1. The predicted molar refractivity (Wildman–Crippen MR) is 74.9 cm³/mol. The average Bonchev–Trinajstić information content (AvgIpc) is 3.06. The van der Waals surface area contributed by atoms with Gasteiger partial charge in [-0.25, -0.2) is 0 Å². The van der Waals surface area contributed by atoms with Crippen molar-refractivity contribution in [1.29, 1.82) is 0 Å². The van der Waals surface area contributed by atoms with Gasteiger partial charge in [0.05, 0.1) is 5.69 Å². The molecule has 4 nitrogen and oxygen atoms in total. The van der Waals surface area contributed by atoms with Gasteiger partial charge in [-0.15, -0.1) is 0 Å². The van der Waals surface area contributed by atoms with E-state index in [1.165, 1.54) is 0 Å². The summed E-state index contributed by atoms with van der Waals surface area (Å²) >= 11 is 0. The molecule has 0 aliphatic rings. The van der Waals surface area contributed by atoms with Gasteiger partial charge in [-0.05, 0) is 30.2 Å². The summed E-state index contributed by atoms with van der Waals surface area (Å²) in [6, 6.07) is 9.80. The van der Waals surface area contributed by atoms with Crippen molar-refractivity contribution in [3.63, 3.8) is 0 Å². The summed E-state index contributed by atoms with van der Waals surface area (Å²) in [6.45, 7) is 2.92. The Kier molecular flexibility index (Phi) is 3.09. The fourth-order valence-electron chi connectivity index (χ4n) is 2.48. The molecule has 0 radical (unpaired) electrons. The zero-order valence-electron chi connectivity index (χ0n) is 10.9. The molecule has 3 rings (SSSR count). The summed E-state index contributed by atoms with van der Waals surface area (Å²) < 4.78 is 1.87. The number of hydrogen-bond acceptors (Lipinski definition) is 2. The number of aryl methyl sites for hydroxylation is 1. The molecule has 0 saturated carbocycles. The lowest BCUT2D eigenvalue weighted by atomic mass is 10.0. The van der Waals surface area contributed by atoms with Crippen molar-refractivity contribution in [3.8, 4) is 0 Å². The van der Waals surface area contributed by atoms with Gasteiger partial charge in [-0.2, -0.15) is 5.10 Å². The summed E-state index contributed by atoms with van der Waals surface area (Å²) in [5.41, 5.74) is 2.80. The molecule has 0 aliphatic heterocycles. The average molecular weight is 255 g/mol. The molecular weight excluding hydrogens is 238 g/mol. The summed E-state index contributed by atoms with van der Waals surface area (Å²) in [6.07, 6.45) is 3.99. The predicted octanol–water partition coefficient (Wildman–Crippen LogP) is 2.86. The normalized spacial score (nSPS) is 12.9. The maximum Gasteiger partial charge on any atom is 0.121 e. The zero-order valence-corrected chi connectivity index (χ0v) is 10.9. The number of fused-ring (bicyclic) bond motifs is 1.